The first-order valence-corrected chi connectivity index (χ1v) is 12.6. The Bertz CT molecular complexity index is 836. The first-order valence-electron chi connectivity index (χ1n) is 11.7. The number of hydrogen-bond donors (Lipinski definition) is 2. The third kappa shape index (κ3) is 2.06. The molecule has 5 aliphatic carbocycles. The molecule has 5 fully saturated rings. The molecule has 1 aromatic carbocycles. The molecule has 6 rings (SSSR count). The van der Waals surface area contributed by atoms with Crippen LogP contribution in [0, 0.1) is 28.1 Å². The third-order valence-electron chi connectivity index (χ3n) is 10.2. The molecule has 2 bridgehead atoms. The van der Waals surface area contributed by atoms with Gasteiger partial charge in [0.2, 0.25) is 0 Å². The molecule has 156 valence electrons. The number of nitrogens with two attached hydrogens (primary N) is 1. The summed E-state index contributed by atoms with van der Waals surface area (Å²) in [6.45, 7) is 0.837. The normalized spacial score (nSPS) is 49.1. The molecule has 29 heavy (non-hydrogen) atoms. The largest absolute Gasteiger partial charge is 0.376 e. The van der Waals surface area contributed by atoms with Gasteiger partial charge < -0.3 is 11.1 Å². The van der Waals surface area contributed by atoms with Crippen molar-refractivity contribution in [2.75, 3.05) is 12.4 Å². The first-order chi connectivity index (χ1) is 14.0. The molecular formula is C25H33ClN2S. The van der Waals surface area contributed by atoms with Gasteiger partial charge in [0.05, 0.1) is 4.99 Å². The molecule has 2 nitrogen and oxygen atoms in total. The molecule has 1 spiro atoms. The van der Waals surface area contributed by atoms with E-state index >= 15 is 0 Å². The fourth-order valence-electron chi connectivity index (χ4n) is 9.47. The Balaban J connectivity index is 1.31. The molecule has 4 heteroatoms. The predicted molar refractivity (Wildman–Crippen MR) is 123 cm³/mol. The van der Waals surface area contributed by atoms with Crippen molar-refractivity contribution in [3.05, 3.63) is 35.9 Å². The van der Waals surface area contributed by atoms with Crippen LogP contribution in [0.25, 0.3) is 0 Å². The average Bonchev–Trinajstić information content (AvgIpc) is 3.22. The van der Waals surface area contributed by atoms with Crippen LogP contribution in [0.2, 0.25) is 0 Å². The van der Waals surface area contributed by atoms with Gasteiger partial charge in [-0.3, -0.25) is 0 Å². The second-order valence-corrected chi connectivity index (χ2v) is 11.8. The quantitative estimate of drug-likeness (QED) is 0.501. The Labute approximate surface area is 185 Å². The van der Waals surface area contributed by atoms with E-state index < -0.39 is 0 Å². The van der Waals surface area contributed by atoms with Crippen LogP contribution in [0.3, 0.4) is 0 Å². The van der Waals surface area contributed by atoms with Crippen molar-refractivity contribution in [1.29, 1.82) is 0 Å². The van der Waals surface area contributed by atoms with E-state index in [2.05, 4.69) is 35.6 Å². The third-order valence-corrected chi connectivity index (χ3v) is 11.2. The Morgan fingerprint density at radius 2 is 1.83 bits per heavy atom. The minimum atomic E-state index is 0.193. The van der Waals surface area contributed by atoms with Crippen LogP contribution in [0.4, 0.5) is 0 Å². The Morgan fingerprint density at radius 3 is 2.52 bits per heavy atom. The second-order valence-electron chi connectivity index (χ2n) is 11.1. The maximum Gasteiger partial charge on any atom is 0.0824 e. The average molecular weight is 429 g/mol. The molecule has 0 heterocycles. The van der Waals surface area contributed by atoms with E-state index in [1.165, 1.54) is 62.8 Å². The zero-order valence-electron chi connectivity index (χ0n) is 17.3. The first kappa shape index (κ1) is 19.1. The number of fused-ring (bicyclic) bond motifs is 1. The highest BCUT2D eigenvalue weighted by Crippen LogP contribution is 2.95. The smallest absolute Gasteiger partial charge is 0.0824 e. The molecule has 0 amide bonds. The zero-order valence-corrected chi connectivity index (χ0v) is 18.8. The Hall–Kier alpha value is -0.640. The summed E-state index contributed by atoms with van der Waals surface area (Å²) in [7, 11) is 0. The van der Waals surface area contributed by atoms with Crippen LogP contribution in [0.5, 0.6) is 0 Å². The van der Waals surface area contributed by atoms with E-state index in [9.17, 15) is 0 Å². The van der Waals surface area contributed by atoms with Gasteiger partial charge in [-0.05, 0) is 92.6 Å². The molecule has 1 aromatic rings. The topological polar surface area (TPSA) is 38.0 Å². The summed E-state index contributed by atoms with van der Waals surface area (Å²) in [5.41, 5.74) is 8.57. The van der Waals surface area contributed by atoms with Crippen molar-refractivity contribution in [3.63, 3.8) is 0 Å². The summed E-state index contributed by atoms with van der Waals surface area (Å²) in [6.07, 6.45) is 11.4. The van der Waals surface area contributed by atoms with Crippen molar-refractivity contribution < 1.29 is 0 Å². The molecule has 5 saturated carbocycles. The van der Waals surface area contributed by atoms with Gasteiger partial charge in [0.15, 0.2) is 0 Å². The van der Waals surface area contributed by atoms with Gasteiger partial charge in [-0.1, -0.05) is 42.5 Å². The lowest BCUT2D eigenvalue weighted by Gasteiger charge is -2.84. The van der Waals surface area contributed by atoms with Crippen molar-refractivity contribution in [2.24, 2.45) is 33.8 Å². The number of benzene rings is 1. The summed E-state index contributed by atoms with van der Waals surface area (Å²) in [4.78, 5) is 1.19. The van der Waals surface area contributed by atoms with Crippen LogP contribution in [-0.4, -0.2) is 23.5 Å². The number of halogens is 1. The molecule has 5 aliphatic rings. The maximum absolute atomic E-state index is 6.73. The summed E-state index contributed by atoms with van der Waals surface area (Å²) in [5.74, 6) is 2.34. The van der Waals surface area contributed by atoms with Gasteiger partial charge >= 0.3 is 0 Å². The lowest BCUT2D eigenvalue weighted by Crippen LogP contribution is -2.83. The lowest BCUT2D eigenvalue weighted by atomic mass is 9.19. The standard InChI is InChI=1S/C25H33ClN2S/c26-16-22-10-18-11-23(21(29)28-20-8-6-17(13-27)7-9-20)15-24(14-22,25(22,23)12-18)19-4-2-1-3-5-19/h1-5,17-18,20H,6-16,27H2,(H,28,29)/t17-,18?,20-,22?,23?,24?,25?. The number of hydrogen-bond acceptors (Lipinski definition) is 2. The Morgan fingerprint density at radius 1 is 1.07 bits per heavy atom. The fourth-order valence-corrected chi connectivity index (χ4v) is 10.4. The van der Waals surface area contributed by atoms with E-state index in [4.69, 9.17) is 29.6 Å². The van der Waals surface area contributed by atoms with Crippen LogP contribution in [-0.2, 0) is 5.41 Å². The van der Waals surface area contributed by atoms with E-state index in [-0.39, 0.29) is 5.41 Å². The van der Waals surface area contributed by atoms with Gasteiger partial charge in [-0.25, -0.2) is 0 Å². The van der Waals surface area contributed by atoms with E-state index in [0.717, 1.165) is 18.3 Å². The van der Waals surface area contributed by atoms with E-state index in [1.54, 1.807) is 5.56 Å². The summed E-state index contributed by atoms with van der Waals surface area (Å²) in [6, 6.07) is 11.9. The van der Waals surface area contributed by atoms with Gasteiger partial charge in [0.1, 0.15) is 0 Å². The minimum absolute atomic E-state index is 0.193. The maximum atomic E-state index is 6.73. The highest BCUT2D eigenvalue weighted by molar-refractivity contribution is 7.80. The van der Waals surface area contributed by atoms with Gasteiger partial charge in [-0.15, -0.1) is 11.6 Å². The highest BCUT2D eigenvalue weighted by atomic mass is 35.5. The van der Waals surface area contributed by atoms with Gasteiger partial charge in [-0.2, -0.15) is 0 Å². The molecule has 0 aliphatic heterocycles. The van der Waals surface area contributed by atoms with Gasteiger partial charge in [0.25, 0.3) is 0 Å². The van der Waals surface area contributed by atoms with E-state index in [0.29, 0.717) is 28.2 Å². The molecule has 5 atom stereocenters. The van der Waals surface area contributed by atoms with Crippen molar-refractivity contribution in [2.45, 2.75) is 69.2 Å². The van der Waals surface area contributed by atoms with Crippen molar-refractivity contribution in [1.82, 2.24) is 5.32 Å². The lowest BCUT2D eigenvalue weighted by molar-refractivity contribution is -0.285. The number of nitrogens with one attached hydrogen (secondary N) is 1. The highest BCUT2D eigenvalue weighted by Gasteiger charge is 2.93. The summed E-state index contributed by atoms with van der Waals surface area (Å²) in [5, 5.41) is 3.91. The van der Waals surface area contributed by atoms with Gasteiger partial charge in [0, 0.05) is 22.8 Å². The molecule has 0 saturated heterocycles. The summed E-state index contributed by atoms with van der Waals surface area (Å²) < 4.78 is 0. The fraction of sp³-hybridized carbons (Fsp3) is 0.720. The minimum Gasteiger partial charge on any atom is -0.376 e. The predicted octanol–water partition coefficient (Wildman–Crippen LogP) is 5.18. The van der Waals surface area contributed by atoms with E-state index in [1.807, 2.05) is 0 Å². The summed E-state index contributed by atoms with van der Waals surface area (Å²) >= 11 is 13.0. The monoisotopic (exact) mass is 428 g/mol. The van der Waals surface area contributed by atoms with Crippen molar-refractivity contribution >= 4 is 28.8 Å². The zero-order chi connectivity index (χ0) is 19.9. The number of rotatable bonds is 5. The molecule has 3 N–H and O–H groups in total. The number of thiocarbonyl (C=S) groups is 1. The second kappa shape index (κ2) is 6.20. The van der Waals surface area contributed by atoms with Crippen LogP contribution in [0.15, 0.2) is 30.3 Å². The molecular weight excluding hydrogens is 396 g/mol. The van der Waals surface area contributed by atoms with Crippen LogP contribution < -0.4 is 11.1 Å². The van der Waals surface area contributed by atoms with Crippen molar-refractivity contribution in [3.8, 4) is 0 Å². The van der Waals surface area contributed by atoms with Crippen LogP contribution in [0.1, 0.15) is 63.4 Å². The molecule has 5 unspecified atom stereocenters. The molecule has 0 radical (unpaired) electrons. The SMILES string of the molecule is NC[C@H]1CC[C@H](NC(=S)C23CC4CC5(CCl)CC(c6ccccc6)(C2)C53C4)CC1. The Kier molecular flexibility index (Phi) is 4.08. The number of alkyl halides is 1. The molecule has 0 aromatic heterocycles. The van der Waals surface area contributed by atoms with Crippen LogP contribution >= 0.6 is 23.8 Å².